The minimum absolute atomic E-state index is 0.0494. The summed E-state index contributed by atoms with van der Waals surface area (Å²) >= 11 is 8.02. The van der Waals surface area contributed by atoms with E-state index >= 15 is 0 Å². The van der Waals surface area contributed by atoms with Crippen LogP contribution in [0.25, 0.3) is 15.8 Å². The number of allylic oxidation sites excluding steroid dienone is 2. The van der Waals surface area contributed by atoms with Gasteiger partial charge in [0, 0.05) is 17.1 Å². The van der Waals surface area contributed by atoms with Gasteiger partial charge >= 0.3 is 5.97 Å². The number of nitrogens with zero attached hydrogens (tertiary/aromatic N) is 2. The molecule has 1 aliphatic carbocycles. The lowest BCUT2D eigenvalue weighted by Crippen LogP contribution is -2.03. The van der Waals surface area contributed by atoms with Gasteiger partial charge in [-0.05, 0) is 61.1 Å². The van der Waals surface area contributed by atoms with Crippen molar-refractivity contribution in [2.75, 3.05) is 0 Å². The van der Waals surface area contributed by atoms with Crippen molar-refractivity contribution in [3.05, 3.63) is 63.4 Å². The highest BCUT2D eigenvalue weighted by Crippen LogP contribution is 2.35. The number of aromatic carboxylic acids is 1. The first kappa shape index (κ1) is 18.1. The number of rotatable bonds is 4. The van der Waals surface area contributed by atoms with Crippen LogP contribution in [0.1, 0.15) is 58.9 Å². The number of fused-ring (bicyclic) bond motifs is 1. The highest BCUT2D eigenvalue weighted by Gasteiger charge is 2.15. The highest BCUT2D eigenvalue weighted by atomic mass is 35.5. The molecule has 1 aliphatic rings. The van der Waals surface area contributed by atoms with Gasteiger partial charge in [-0.3, -0.25) is 0 Å². The predicted octanol–water partition coefficient (Wildman–Crippen LogP) is 5.98. The van der Waals surface area contributed by atoms with Crippen molar-refractivity contribution in [2.45, 2.75) is 38.5 Å². The van der Waals surface area contributed by atoms with E-state index in [1.54, 1.807) is 17.4 Å². The van der Waals surface area contributed by atoms with E-state index in [1.165, 1.54) is 30.9 Å². The van der Waals surface area contributed by atoms with Crippen LogP contribution in [0.4, 0.5) is 0 Å². The van der Waals surface area contributed by atoms with Gasteiger partial charge in [0.05, 0.1) is 10.2 Å². The highest BCUT2D eigenvalue weighted by molar-refractivity contribution is 7.19. The topological polar surface area (TPSA) is 63.1 Å². The largest absolute Gasteiger partial charge is 0.477 e. The van der Waals surface area contributed by atoms with Gasteiger partial charge in [0.15, 0.2) is 0 Å². The van der Waals surface area contributed by atoms with E-state index in [9.17, 15) is 4.79 Å². The number of hydrogen-bond acceptors (Lipinski definition) is 4. The van der Waals surface area contributed by atoms with Gasteiger partial charge in [-0.1, -0.05) is 30.2 Å². The van der Waals surface area contributed by atoms with E-state index in [2.05, 4.69) is 11.1 Å². The smallest absolute Gasteiger partial charge is 0.354 e. The molecule has 4 rings (SSSR count). The van der Waals surface area contributed by atoms with E-state index in [0.29, 0.717) is 17.1 Å². The maximum Gasteiger partial charge on any atom is 0.354 e. The lowest BCUT2D eigenvalue weighted by molar-refractivity contribution is 0.0690. The van der Waals surface area contributed by atoms with Crippen LogP contribution in [-0.2, 0) is 6.42 Å². The standard InChI is InChI=1S/C21H19ClN2O2S/c22-15-10-14(11-16-8-5-9-17(23-16)21(25)26)19-18(12-15)27-20(24-19)13-6-3-1-2-4-7-13/h5-6,8-10,12H,1-4,7,11H2,(H,25,26). The summed E-state index contributed by atoms with van der Waals surface area (Å²) in [5, 5.41) is 10.9. The first-order chi connectivity index (χ1) is 13.1. The van der Waals surface area contributed by atoms with Crippen LogP contribution in [0.5, 0.6) is 0 Å². The molecule has 138 valence electrons. The van der Waals surface area contributed by atoms with E-state index in [0.717, 1.165) is 33.6 Å². The van der Waals surface area contributed by atoms with Crippen LogP contribution in [-0.4, -0.2) is 21.0 Å². The molecule has 0 atom stereocenters. The number of aromatic nitrogens is 2. The Labute approximate surface area is 166 Å². The molecule has 2 heterocycles. The van der Waals surface area contributed by atoms with Crippen LogP contribution < -0.4 is 0 Å². The number of benzene rings is 1. The summed E-state index contributed by atoms with van der Waals surface area (Å²) in [6, 6.07) is 8.92. The maximum absolute atomic E-state index is 11.2. The average Bonchev–Trinajstić information content (AvgIpc) is 2.88. The monoisotopic (exact) mass is 398 g/mol. The van der Waals surface area contributed by atoms with Crippen LogP contribution >= 0.6 is 22.9 Å². The van der Waals surface area contributed by atoms with Gasteiger partial charge in [-0.25, -0.2) is 14.8 Å². The van der Waals surface area contributed by atoms with E-state index < -0.39 is 5.97 Å². The molecule has 0 radical (unpaired) electrons. The second-order valence-corrected chi connectivity index (χ2v) is 8.22. The zero-order chi connectivity index (χ0) is 18.8. The molecule has 3 aromatic rings. The van der Waals surface area contributed by atoms with Crippen LogP contribution in [0.15, 0.2) is 36.4 Å². The van der Waals surface area contributed by atoms with Gasteiger partial charge < -0.3 is 5.11 Å². The lowest BCUT2D eigenvalue weighted by Gasteiger charge is -2.04. The quantitative estimate of drug-likeness (QED) is 0.587. The maximum atomic E-state index is 11.2. The van der Waals surface area contributed by atoms with Gasteiger partial charge in [0.1, 0.15) is 10.7 Å². The number of hydrogen-bond donors (Lipinski definition) is 1. The summed E-state index contributed by atoms with van der Waals surface area (Å²) < 4.78 is 1.06. The van der Waals surface area contributed by atoms with Gasteiger partial charge in [-0.15, -0.1) is 11.3 Å². The minimum atomic E-state index is -1.02. The molecular weight excluding hydrogens is 380 g/mol. The molecule has 6 heteroatoms. The summed E-state index contributed by atoms with van der Waals surface area (Å²) in [4.78, 5) is 20.3. The van der Waals surface area contributed by atoms with Crippen molar-refractivity contribution in [1.82, 2.24) is 9.97 Å². The molecule has 0 saturated carbocycles. The van der Waals surface area contributed by atoms with Crippen molar-refractivity contribution < 1.29 is 9.90 Å². The molecule has 4 nitrogen and oxygen atoms in total. The molecule has 0 bridgehead atoms. The third kappa shape index (κ3) is 4.04. The molecule has 27 heavy (non-hydrogen) atoms. The Morgan fingerprint density at radius 3 is 2.93 bits per heavy atom. The fourth-order valence-electron chi connectivity index (χ4n) is 3.44. The SMILES string of the molecule is O=C(O)c1cccc(Cc2cc(Cl)cc3sc(C4=CCCCCC4)nc23)n1. The second kappa shape index (κ2) is 7.79. The molecule has 0 saturated heterocycles. The van der Waals surface area contributed by atoms with Crippen molar-refractivity contribution in [3.8, 4) is 0 Å². The number of pyridine rings is 1. The number of carboxylic acids is 1. The van der Waals surface area contributed by atoms with Crippen molar-refractivity contribution in [3.63, 3.8) is 0 Å². The zero-order valence-electron chi connectivity index (χ0n) is 14.7. The first-order valence-electron chi connectivity index (χ1n) is 9.08. The van der Waals surface area contributed by atoms with Crippen molar-refractivity contribution in [2.24, 2.45) is 0 Å². The summed E-state index contributed by atoms with van der Waals surface area (Å²) in [5.41, 5.74) is 3.99. The van der Waals surface area contributed by atoms with Crippen LogP contribution in [0, 0.1) is 0 Å². The molecule has 1 aromatic carbocycles. The predicted molar refractivity (Wildman–Crippen MR) is 110 cm³/mol. The molecule has 0 unspecified atom stereocenters. The van der Waals surface area contributed by atoms with Crippen LogP contribution in [0.3, 0.4) is 0 Å². The number of carbonyl (C=O) groups is 1. The summed E-state index contributed by atoms with van der Waals surface area (Å²) in [7, 11) is 0. The van der Waals surface area contributed by atoms with Gasteiger partial charge in [0.2, 0.25) is 0 Å². The summed E-state index contributed by atoms with van der Waals surface area (Å²) in [6.07, 6.45) is 8.74. The Balaban J connectivity index is 1.73. The molecular formula is C21H19ClN2O2S. The van der Waals surface area contributed by atoms with E-state index in [4.69, 9.17) is 21.7 Å². The fraction of sp³-hybridized carbons (Fsp3) is 0.286. The normalized spacial score (nSPS) is 14.8. The Hall–Kier alpha value is -2.24. The second-order valence-electron chi connectivity index (χ2n) is 6.76. The third-order valence-corrected chi connectivity index (χ3v) is 6.05. The zero-order valence-corrected chi connectivity index (χ0v) is 16.3. The molecule has 1 N–H and O–H groups in total. The van der Waals surface area contributed by atoms with E-state index in [1.807, 2.05) is 18.2 Å². The fourth-order valence-corrected chi connectivity index (χ4v) is 4.86. The number of halogens is 1. The number of carboxylic acid groups (broad SMARTS) is 1. The van der Waals surface area contributed by atoms with Crippen molar-refractivity contribution in [1.29, 1.82) is 0 Å². The molecule has 2 aromatic heterocycles. The van der Waals surface area contributed by atoms with Crippen LogP contribution in [0.2, 0.25) is 5.02 Å². The first-order valence-corrected chi connectivity index (χ1v) is 10.3. The number of thiazole rings is 1. The van der Waals surface area contributed by atoms with E-state index in [-0.39, 0.29) is 5.69 Å². The molecule has 0 spiro atoms. The molecule has 0 aliphatic heterocycles. The van der Waals surface area contributed by atoms with Gasteiger partial charge in [-0.2, -0.15) is 0 Å². The Morgan fingerprint density at radius 1 is 1.19 bits per heavy atom. The molecule has 0 amide bonds. The Morgan fingerprint density at radius 2 is 2.07 bits per heavy atom. The average molecular weight is 399 g/mol. The Kier molecular flexibility index (Phi) is 5.23. The Bertz CT molecular complexity index is 1040. The van der Waals surface area contributed by atoms with Crippen molar-refractivity contribution >= 4 is 44.7 Å². The molecule has 0 fully saturated rings. The third-order valence-electron chi connectivity index (χ3n) is 4.75. The lowest BCUT2D eigenvalue weighted by atomic mass is 10.1. The summed E-state index contributed by atoms with van der Waals surface area (Å²) in [5.74, 6) is -1.02. The minimum Gasteiger partial charge on any atom is -0.477 e. The van der Waals surface area contributed by atoms with Gasteiger partial charge in [0.25, 0.3) is 0 Å². The summed E-state index contributed by atoms with van der Waals surface area (Å²) in [6.45, 7) is 0.